The van der Waals surface area contributed by atoms with E-state index in [9.17, 15) is 4.79 Å². The maximum absolute atomic E-state index is 11.9. The van der Waals surface area contributed by atoms with E-state index < -0.39 is 0 Å². The molecule has 1 heterocycles. The van der Waals surface area contributed by atoms with Crippen molar-refractivity contribution in [3.63, 3.8) is 0 Å². The molecule has 2 heteroatoms. The Morgan fingerprint density at radius 1 is 1.29 bits per heavy atom. The molecule has 1 fully saturated rings. The second kappa shape index (κ2) is 4.26. The third kappa shape index (κ3) is 2.24. The minimum absolute atomic E-state index is 0.0571. The van der Waals surface area contributed by atoms with Gasteiger partial charge in [0.1, 0.15) is 5.78 Å². The van der Waals surface area contributed by atoms with Crippen LogP contribution in [-0.4, -0.2) is 18.0 Å². The van der Waals surface area contributed by atoms with Crippen LogP contribution in [-0.2, 0) is 9.53 Å². The number of Topliss-reactive ketones (excluding diaryl/α,β-unsaturated/α-hetero) is 1. The molecule has 1 rings (SSSR count). The van der Waals surface area contributed by atoms with E-state index in [2.05, 4.69) is 13.5 Å². The highest BCUT2D eigenvalue weighted by Crippen LogP contribution is 2.33. The molecule has 0 radical (unpaired) electrons. The van der Waals surface area contributed by atoms with Gasteiger partial charge in [0.2, 0.25) is 0 Å². The Kier molecular flexibility index (Phi) is 3.48. The summed E-state index contributed by atoms with van der Waals surface area (Å²) in [4.78, 5) is 11.9. The van der Waals surface area contributed by atoms with Crippen LogP contribution in [0, 0.1) is 11.8 Å². The predicted octanol–water partition coefficient (Wildman–Crippen LogP) is 2.58. The van der Waals surface area contributed by atoms with Gasteiger partial charge in [-0.2, -0.15) is 0 Å². The lowest BCUT2D eigenvalue weighted by Gasteiger charge is -2.16. The number of hydrogen-bond acceptors (Lipinski definition) is 2. The fraction of sp³-hybridized carbons (Fsp3) is 0.750. The summed E-state index contributed by atoms with van der Waals surface area (Å²) in [5.41, 5.74) is 0.939. The zero-order chi connectivity index (χ0) is 10.9. The summed E-state index contributed by atoms with van der Waals surface area (Å²) >= 11 is 0. The van der Waals surface area contributed by atoms with Crippen LogP contribution in [0.2, 0.25) is 0 Å². The number of carbonyl (C=O) groups excluding carboxylic acids is 1. The molecule has 4 atom stereocenters. The van der Waals surface area contributed by atoms with E-state index in [4.69, 9.17) is 4.74 Å². The molecule has 0 saturated carbocycles. The van der Waals surface area contributed by atoms with Crippen LogP contribution < -0.4 is 0 Å². The average Bonchev–Trinajstić information content (AvgIpc) is 2.25. The number of allylic oxidation sites excluding steroid dienone is 1. The van der Waals surface area contributed by atoms with Crippen LogP contribution in [0.1, 0.15) is 34.1 Å². The van der Waals surface area contributed by atoms with E-state index in [1.165, 1.54) is 0 Å². The molecule has 0 N–H and O–H groups in total. The highest BCUT2D eigenvalue weighted by Gasteiger charge is 2.40. The van der Waals surface area contributed by atoms with Gasteiger partial charge in [0.05, 0.1) is 12.2 Å². The largest absolute Gasteiger partial charge is 0.375 e. The van der Waals surface area contributed by atoms with Crippen molar-refractivity contribution in [3.8, 4) is 0 Å². The highest BCUT2D eigenvalue weighted by molar-refractivity contribution is 5.84. The van der Waals surface area contributed by atoms with Crippen molar-refractivity contribution in [1.82, 2.24) is 0 Å². The Morgan fingerprint density at radius 3 is 2.21 bits per heavy atom. The first-order valence-corrected chi connectivity index (χ1v) is 5.26. The number of hydrogen-bond donors (Lipinski definition) is 0. The summed E-state index contributed by atoms with van der Waals surface area (Å²) in [6.07, 6.45) is 0.756. The Balaban J connectivity index is 2.67. The zero-order valence-corrected chi connectivity index (χ0v) is 9.54. The van der Waals surface area contributed by atoms with Gasteiger partial charge < -0.3 is 4.74 Å². The first-order valence-electron chi connectivity index (χ1n) is 5.26. The van der Waals surface area contributed by atoms with Gasteiger partial charge in [-0.1, -0.05) is 19.1 Å². The maximum atomic E-state index is 11.9. The summed E-state index contributed by atoms with van der Waals surface area (Å²) in [6, 6.07) is 0. The summed E-state index contributed by atoms with van der Waals surface area (Å²) in [5, 5.41) is 0. The van der Waals surface area contributed by atoms with Gasteiger partial charge in [0, 0.05) is 12.3 Å². The van der Waals surface area contributed by atoms with E-state index >= 15 is 0 Å². The molecular formula is C12H20O2. The Labute approximate surface area is 86.3 Å². The number of ketones is 1. The van der Waals surface area contributed by atoms with Crippen LogP contribution in [0.3, 0.4) is 0 Å². The van der Waals surface area contributed by atoms with Crippen LogP contribution >= 0.6 is 0 Å². The Hall–Kier alpha value is -0.630. The summed E-state index contributed by atoms with van der Waals surface area (Å²) in [5.74, 6) is 0.667. The van der Waals surface area contributed by atoms with E-state index in [0.717, 1.165) is 5.57 Å². The van der Waals surface area contributed by atoms with Crippen LogP contribution in [0.15, 0.2) is 12.2 Å². The van der Waals surface area contributed by atoms with Gasteiger partial charge in [-0.05, 0) is 26.7 Å². The normalized spacial score (nSPS) is 37.1. The summed E-state index contributed by atoms with van der Waals surface area (Å²) in [6.45, 7) is 11.8. The van der Waals surface area contributed by atoms with Crippen molar-refractivity contribution in [1.29, 1.82) is 0 Å². The maximum Gasteiger partial charge on any atom is 0.142 e. The van der Waals surface area contributed by atoms with Gasteiger partial charge in [0.15, 0.2) is 0 Å². The van der Waals surface area contributed by atoms with Crippen molar-refractivity contribution in [3.05, 3.63) is 12.2 Å². The second-order valence-electron chi connectivity index (χ2n) is 4.53. The molecule has 1 aliphatic heterocycles. The highest BCUT2D eigenvalue weighted by atomic mass is 16.5. The molecule has 0 spiro atoms. The van der Waals surface area contributed by atoms with E-state index in [-0.39, 0.29) is 23.9 Å². The van der Waals surface area contributed by atoms with E-state index in [1.54, 1.807) is 0 Å². The Morgan fingerprint density at radius 2 is 1.86 bits per heavy atom. The van der Waals surface area contributed by atoms with Gasteiger partial charge in [-0.25, -0.2) is 0 Å². The molecule has 0 aromatic rings. The van der Waals surface area contributed by atoms with Gasteiger partial charge >= 0.3 is 0 Å². The molecule has 1 saturated heterocycles. The van der Waals surface area contributed by atoms with Crippen LogP contribution in [0.25, 0.3) is 0 Å². The van der Waals surface area contributed by atoms with Crippen molar-refractivity contribution < 1.29 is 9.53 Å². The minimum atomic E-state index is 0.0571. The average molecular weight is 196 g/mol. The van der Waals surface area contributed by atoms with Crippen molar-refractivity contribution in [2.45, 2.75) is 46.3 Å². The first-order chi connectivity index (χ1) is 6.43. The van der Waals surface area contributed by atoms with Gasteiger partial charge in [-0.15, -0.1) is 0 Å². The lowest BCUT2D eigenvalue weighted by molar-refractivity contribution is -0.124. The number of ether oxygens (including phenoxy) is 1. The molecule has 2 nitrogen and oxygen atoms in total. The van der Waals surface area contributed by atoms with Crippen LogP contribution in [0.5, 0.6) is 0 Å². The monoisotopic (exact) mass is 196 g/mol. The lowest BCUT2D eigenvalue weighted by Crippen LogP contribution is -2.26. The molecule has 0 aromatic heterocycles. The van der Waals surface area contributed by atoms with Gasteiger partial charge in [-0.3, -0.25) is 4.79 Å². The third-order valence-electron chi connectivity index (χ3n) is 3.09. The number of rotatable bonds is 3. The van der Waals surface area contributed by atoms with Crippen molar-refractivity contribution in [2.75, 3.05) is 0 Å². The minimum Gasteiger partial charge on any atom is -0.375 e. The molecule has 0 bridgehead atoms. The predicted molar refractivity (Wildman–Crippen MR) is 57.1 cm³/mol. The Bertz CT molecular complexity index is 245. The molecule has 80 valence electrons. The summed E-state index contributed by atoms with van der Waals surface area (Å²) < 4.78 is 5.64. The molecule has 0 aromatic carbocycles. The van der Waals surface area contributed by atoms with Crippen molar-refractivity contribution in [2.24, 2.45) is 11.8 Å². The van der Waals surface area contributed by atoms with Crippen molar-refractivity contribution >= 4 is 5.78 Å². The molecule has 1 aliphatic rings. The van der Waals surface area contributed by atoms with E-state index in [0.29, 0.717) is 12.3 Å². The third-order valence-corrected chi connectivity index (χ3v) is 3.09. The quantitative estimate of drug-likeness (QED) is 0.648. The fourth-order valence-electron chi connectivity index (χ4n) is 2.24. The van der Waals surface area contributed by atoms with E-state index in [1.807, 2.05) is 20.8 Å². The fourth-order valence-corrected chi connectivity index (χ4v) is 2.24. The molecular weight excluding hydrogens is 176 g/mol. The molecule has 4 unspecified atom stereocenters. The van der Waals surface area contributed by atoms with Gasteiger partial charge in [0.25, 0.3) is 0 Å². The molecule has 0 aliphatic carbocycles. The smallest absolute Gasteiger partial charge is 0.142 e. The second-order valence-corrected chi connectivity index (χ2v) is 4.53. The number of carbonyl (C=O) groups is 1. The molecule has 14 heavy (non-hydrogen) atoms. The summed E-state index contributed by atoms with van der Waals surface area (Å²) in [7, 11) is 0. The standard InChI is InChI=1S/C12H20O2/c1-7(2)6-11(13)12-8(3)9(4)14-10(12)5/h8-10,12H,1,6H2,2-5H3. The SMILES string of the molecule is C=C(C)CC(=O)C1C(C)OC(C)C1C. The zero-order valence-electron chi connectivity index (χ0n) is 9.54. The topological polar surface area (TPSA) is 26.3 Å². The first kappa shape index (κ1) is 11.4. The molecule has 0 amide bonds. The van der Waals surface area contributed by atoms with Crippen LogP contribution in [0.4, 0.5) is 0 Å². The lowest BCUT2D eigenvalue weighted by atomic mass is 9.84.